The lowest BCUT2D eigenvalue weighted by Gasteiger charge is -2.30. The molecule has 1 atom stereocenters. The molecule has 0 spiro atoms. The van der Waals surface area contributed by atoms with Gasteiger partial charge in [0.05, 0.1) is 11.6 Å². The van der Waals surface area contributed by atoms with Crippen LogP contribution in [0.15, 0.2) is 28.4 Å². The van der Waals surface area contributed by atoms with Crippen LogP contribution in [0.3, 0.4) is 0 Å². The lowest BCUT2D eigenvalue weighted by molar-refractivity contribution is 0.0517. The predicted molar refractivity (Wildman–Crippen MR) is 80.2 cm³/mol. The molecule has 3 rings (SSSR count). The van der Waals surface area contributed by atoms with Gasteiger partial charge in [-0.25, -0.2) is 4.98 Å². The van der Waals surface area contributed by atoms with Crippen molar-refractivity contribution in [3.63, 3.8) is 0 Å². The fourth-order valence-corrected chi connectivity index (χ4v) is 3.88. The zero-order valence-corrected chi connectivity index (χ0v) is 12.6. The molecule has 1 saturated heterocycles. The van der Waals surface area contributed by atoms with Gasteiger partial charge < -0.3 is 10.1 Å². The Morgan fingerprint density at radius 1 is 1.45 bits per heavy atom. The van der Waals surface area contributed by atoms with Crippen LogP contribution < -0.4 is 5.32 Å². The highest BCUT2D eigenvalue weighted by Crippen LogP contribution is 2.32. The summed E-state index contributed by atoms with van der Waals surface area (Å²) in [6.45, 7) is 1.55. The molecule has 1 fully saturated rings. The number of hydrogen-bond donors (Lipinski definition) is 1. The number of amides is 1. The number of ether oxygens (including phenoxy) is 1. The summed E-state index contributed by atoms with van der Waals surface area (Å²) in [6.07, 6.45) is 1.97. The number of hydrogen-bond acceptors (Lipinski definition) is 5. The third-order valence-electron chi connectivity index (χ3n) is 3.54. The van der Waals surface area contributed by atoms with Gasteiger partial charge in [0.25, 0.3) is 5.91 Å². The van der Waals surface area contributed by atoms with Crippen LogP contribution in [0.1, 0.15) is 34.2 Å². The molecule has 1 unspecified atom stereocenters. The van der Waals surface area contributed by atoms with Gasteiger partial charge in [0.1, 0.15) is 5.69 Å². The standard InChI is InChI=1S/C14H16N2O2S2/c17-14(11-8-19-9-15-11)16-13(12-2-1-7-20-12)10-3-5-18-6-4-10/h1-2,7-10,13H,3-6H2,(H,16,17). The summed E-state index contributed by atoms with van der Waals surface area (Å²) in [5.41, 5.74) is 2.19. The highest BCUT2D eigenvalue weighted by Gasteiger charge is 2.28. The average molecular weight is 308 g/mol. The van der Waals surface area contributed by atoms with E-state index in [1.54, 1.807) is 22.2 Å². The Bertz CT molecular complexity index is 534. The summed E-state index contributed by atoms with van der Waals surface area (Å²) in [6, 6.07) is 4.18. The molecule has 0 aliphatic carbocycles. The number of nitrogens with zero attached hydrogens (tertiary/aromatic N) is 1. The average Bonchev–Trinajstić information content (AvgIpc) is 3.18. The molecular weight excluding hydrogens is 292 g/mol. The normalized spacial score (nSPS) is 17.8. The van der Waals surface area contributed by atoms with Gasteiger partial charge >= 0.3 is 0 Å². The van der Waals surface area contributed by atoms with E-state index in [-0.39, 0.29) is 11.9 Å². The fourth-order valence-electron chi connectivity index (χ4n) is 2.48. The van der Waals surface area contributed by atoms with Crippen LogP contribution in [0.4, 0.5) is 0 Å². The van der Waals surface area contributed by atoms with Crippen molar-refractivity contribution in [1.29, 1.82) is 0 Å². The molecule has 2 aromatic rings. The van der Waals surface area contributed by atoms with Gasteiger partial charge in [0.2, 0.25) is 0 Å². The minimum atomic E-state index is -0.0869. The van der Waals surface area contributed by atoms with Crippen LogP contribution in [0.5, 0.6) is 0 Å². The minimum Gasteiger partial charge on any atom is -0.381 e. The monoisotopic (exact) mass is 308 g/mol. The quantitative estimate of drug-likeness (QED) is 0.944. The molecule has 0 aromatic carbocycles. The van der Waals surface area contributed by atoms with Crippen LogP contribution >= 0.6 is 22.7 Å². The minimum absolute atomic E-state index is 0.0631. The molecule has 20 heavy (non-hydrogen) atoms. The van der Waals surface area contributed by atoms with Gasteiger partial charge in [0.15, 0.2) is 0 Å². The van der Waals surface area contributed by atoms with Gasteiger partial charge in [-0.05, 0) is 30.2 Å². The Labute approximate surface area is 125 Å². The summed E-state index contributed by atoms with van der Waals surface area (Å²) in [7, 11) is 0. The maximum absolute atomic E-state index is 12.3. The third kappa shape index (κ3) is 3.08. The summed E-state index contributed by atoms with van der Waals surface area (Å²) in [5, 5.41) is 6.99. The molecule has 1 N–H and O–H groups in total. The summed E-state index contributed by atoms with van der Waals surface area (Å²) >= 11 is 3.13. The molecule has 0 bridgehead atoms. The maximum atomic E-state index is 12.3. The van der Waals surface area contributed by atoms with Crippen molar-refractivity contribution in [2.24, 2.45) is 5.92 Å². The first kappa shape index (κ1) is 13.7. The number of carbonyl (C=O) groups is 1. The van der Waals surface area contributed by atoms with Crippen LogP contribution in [-0.4, -0.2) is 24.1 Å². The van der Waals surface area contributed by atoms with E-state index in [2.05, 4.69) is 21.7 Å². The van der Waals surface area contributed by atoms with Crippen molar-refractivity contribution < 1.29 is 9.53 Å². The number of nitrogens with one attached hydrogen (secondary N) is 1. The van der Waals surface area contributed by atoms with E-state index >= 15 is 0 Å². The van der Waals surface area contributed by atoms with Crippen molar-refractivity contribution in [3.8, 4) is 0 Å². The van der Waals surface area contributed by atoms with Gasteiger partial charge in [-0.3, -0.25) is 4.79 Å². The van der Waals surface area contributed by atoms with E-state index in [4.69, 9.17) is 4.74 Å². The van der Waals surface area contributed by atoms with Gasteiger partial charge in [-0.2, -0.15) is 0 Å². The van der Waals surface area contributed by atoms with Crippen LogP contribution in [0.2, 0.25) is 0 Å². The van der Waals surface area contributed by atoms with Crippen molar-refractivity contribution >= 4 is 28.6 Å². The lowest BCUT2D eigenvalue weighted by atomic mass is 9.90. The molecule has 0 saturated carbocycles. The molecule has 4 nitrogen and oxygen atoms in total. The molecule has 0 radical (unpaired) electrons. The Kier molecular flexibility index (Phi) is 4.44. The molecular formula is C14H16N2O2S2. The number of aromatic nitrogens is 1. The summed E-state index contributed by atoms with van der Waals surface area (Å²) in [5.74, 6) is 0.348. The molecule has 2 aromatic heterocycles. The van der Waals surface area contributed by atoms with Crippen molar-refractivity contribution in [2.45, 2.75) is 18.9 Å². The molecule has 106 valence electrons. The largest absolute Gasteiger partial charge is 0.381 e. The van der Waals surface area contributed by atoms with E-state index in [1.165, 1.54) is 16.2 Å². The molecule has 1 aliphatic heterocycles. The number of rotatable bonds is 4. The third-order valence-corrected chi connectivity index (χ3v) is 5.08. The van der Waals surface area contributed by atoms with Gasteiger partial charge in [-0.1, -0.05) is 6.07 Å². The first-order valence-electron chi connectivity index (χ1n) is 6.65. The number of carbonyl (C=O) groups excluding carboxylic acids is 1. The second-order valence-corrected chi connectivity index (χ2v) is 6.49. The van der Waals surface area contributed by atoms with Gasteiger partial charge in [-0.15, -0.1) is 22.7 Å². The Morgan fingerprint density at radius 3 is 2.95 bits per heavy atom. The maximum Gasteiger partial charge on any atom is 0.271 e. The summed E-state index contributed by atoms with van der Waals surface area (Å²) in [4.78, 5) is 17.6. The lowest BCUT2D eigenvalue weighted by Crippen LogP contribution is -2.35. The Hall–Kier alpha value is -1.24. The fraction of sp³-hybridized carbons (Fsp3) is 0.429. The topological polar surface area (TPSA) is 51.2 Å². The van der Waals surface area contributed by atoms with E-state index in [0.29, 0.717) is 11.6 Å². The highest BCUT2D eigenvalue weighted by molar-refractivity contribution is 7.10. The first-order valence-corrected chi connectivity index (χ1v) is 8.47. The molecule has 6 heteroatoms. The van der Waals surface area contributed by atoms with E-state index in [0.717, 1.165) is 26.1 Å². The van der Waals surface area contributed by atoms with E-state index < -0.39 is 0 Å². The van der Waals surface area contributed by atoms with E-state index in [9.17, 15) is 4.79 Å². The Morgan fingerprint density at radius 2 is 2.30 bits per heavy atom. The van der Waals surface area contributed by atoms with Crippen molar-refractivity contribution in [1.82, 2.24) is 10.3 Å². The van der Waals surface area contributed by atoms with Crippen molar-refractivity contribution in [2.75, 3.05) is 13.2 Å². The second kappa shape index (κ2) is 6.47. The van der Waals surface area contributed by atoms with E-state index in [1.807, 2.05) is 6.07 Å². The highest BCUT2D eigenvalue weighted by atomic mass is 32.1. The molecule has 3 heterocycles. The smallest absolute Gasteiger partial charge is 0.271 e. The Balaban J connectivity index is 1.77. The predicted octanol–water partition coefficient (Wildman–Crippen LogP) is 3.10. The zero-order valence-electron chi connectivity index (χ0n) is 11.0. The van der Waals surface area contributed by atoms with Crippen LogP contribution in [0.25, 0.3) is 0 Å². The number of thiazole rings is 1. The number of thiophene rings is 1. The molecule has 1 aliphatic rings. The van der Waals surface area contributed by atoms with Crippen molar-refractivity contribution in [3.05, 3.63) is 39.0 Å². The molecule has 1 amide bonds. The van der Waals surface area contributed by atoms with Crippen LogP contribution in [-0.2, 0) is 4.74 Å². The van der Waals surface area contributed by atoms with Gasteiger partial charge in [0, 0.05) is 23.5 Å². The first-order chi connectivity index (χ1) is 9.84. The summed E-state index contributed by atoms with van der Waals surface area (Å²) < 4.78 is 5.42. The second-order valence-electron chi connectivity index (χ2n) is 4.79. The SMILES string of the molecule is O=C(NC(c1cccs1)C1CCOCC1)c1cscn1. The van der Waals surface area contributed by atoms with Crippen LogP contribution in [0, 0.1) is 5.92 Å². The zero-order chi connectivity index (χ0) is 13.8.